The van der Waals surface area contributed by atoms with E-state index in [-0.39, 0.29) is 47.2 Å². The number of hydrogen-bond donors (Lipinski definition) is 2. The number of pyridine rings is 1. The molecule has 1 aliphatic rings. The molecule has 1 aromatic heterocycles. The van der Waals surface area contributed by atoms with Crippen molar-refractivity contribution in [3.8, 4) is 5.75 Å². The zero-order chi connectivity index (χ0) is 19.6. The summed E-state index contributed by atoms with van der Waals surface area (Å²) in [5, 5.41) is 12.2. The van der Waals surface area contributed by atoms with Crippen molar-refractivity contribution in [2.24, 2.45) is 0 Å². The van der Waals surface area contributed by atoms with Crippen molar-refractivity contribution < 1.29 is 23.1 Å². The maximum atomic E-state index is 12.8. The highest BCUT2D eigenvalue weighted by Gasteiger charge is 2.32. The SMILES string of the molecule is CC1CN(S(=O)(=O)c2ccc(C(=O)Nc3ccncc3O)cc2)CC(C)O1. The number of morpholine rings is 1. The third kappa shape index (κ3) is 4.26. The number of amides is 1. The molecule has 2 heterocycles. The average Bonchev–Trinajstić information content (AvgIpc) is 2.63. The molecule has 0 bridgehead atoms. The molecule has 9 heteroatoms. The molecule has 1 saturated heterocycles. The van der Waals surface area contributed by atoms with Gasteiger partial charge in [0, 0.05) is 24.8 Å². The van der Waals surface area contributed by atoms with Gasteiger partial charge >= 0.3 is 0 Å². The van der Waals surface area contributed by atoms with Crippen molar-refractivity contribution in [2.75, 3.05) is 18.4 Å². The van der Waals surface area contributed by atoms with Crippen LogP contribution in [0.1, 0.15) is 24.2 Å². The van der Waals surface area contributed by atoms with Crippen LogP contribution in [0.15, 0.2) is 47.6 Å². The fourth-order valence-electron chi connectivity index (χ4n) is 2.94. The van der Waals surface area contributed by atoms with Gasteiger partial charge in [-0.1, -0.05) is 0 Å². The molecule has 0 aliphatic carbocycles. The first-order chi connectivity index (χ1) is 12.8. The van der Waals surface area contributed by atoms with Gasteiger partial charge in [-0.05, 0) is 44.2 Å². The van der Waals surface area contributed by atoms with Crippen LogP contribution in [0.2, 0.25) is 0 Å². The second-order valence-corrected chi connectivity index (χ2v) is 8.39. The van der Waals surface area contributed by atoms with E-state index in [0.29, 0.717) is 0 Å². The summed E-state index contributed by atoms with van der Waals surface area (Å²) in [4.78, 5) is 16.2. The molecule has 2 N–H and O–H groups in total. The molecule has 0 spiro atoms. The molecule has 2 atom stereocenters. The number of rotatable bonds is 4. The summed E-state index contributed by atoms with van der Waals surface area (Å²) < 4.78 is 32.6. The quantitative estimate of drug-likeness (QED) is 0.823. The largest absolute Gasteiger partial charge is 0.504 e. The molecule has 2 unspecified atom stereocenters. The number of hydrogen-bond acceptors (Lipinski definition) is 6. The Morgan fingerprint density at radius 3 is 2.41 bits per heavy atom. The molecule has 2 aromatic rings. The Morgan fingerprint density at radius 1 is 1.19 bits per heavy atom. The van der Waals surface area contributed by atoms with Crippen LogP contribution in [-0.2, 0) is 14.8 Å². The van der Waals surface area contributed by atoms with E-state index < -0.39 is 15.9 Å². The molecule has 0 radical (unpaired) electrons. The third-order valence-corrected chi connectivity index (χ3v) is 6.03. The predicted molar refractivity (Wildman–Crippen MR) is 99.1 cm³/mol. The lowest BCUT2D eigenvalue weighted by molar-refractivity contribution is -0.0440. The van der Waals surface area contributed by atoms with Crippen molar-refractivity contribution in [1.82, 2.24) is 9.29 Å². The lowest BCUT2D eigenvalue weighted by atomic mass is 10.2. The first-order valence-electron chi connectivity index (χ1n) is 8.47. The second-order valence-electron chi connectivity index (χ2n) is 6.45. The van der Waals surface area contributed by atoms with Crippen molar-refractivity contribution in [2.45, 2.75) is 31.0 Å². The standard InChI is InChI=1S/C18H21N3O5S/c1-12-10-21(11-13(2)26-12)27(24,25)15-5-3-14(4-6-15)18(23)20-16-7-8-19-9-17(16)22/h3-9,12-13,22H,10-11H2,1-2H3,(H,19,20,23). The van der Waals surface area contributed by atoms with Gasteiger partial charge in [0.05, 0.1) is 29.0 Å². The van der Waals surface area contributed by atoms with Gasteiger partial charge in [0.15, 0.2) is 5.75 Å². The van der Waals surface area contributed by atoms with Crippen LogP contribution in [0.3, 0.4) is 0 Å². The van der Waals surface area contributed by atoms with Gasteiger partial charge in [-0.25, -0.2) is 8.42 Å². The summed E-state index contributed by atoms with van der Waals surface area (Å²) in [5.74, 6) is -0.616. The molecule has 27 heavy (non-hydrogen) atoms. The molecule has 3 rings (SSSR count). The van der Waals surface area contributed by atoms with E-state index in [4.69, 9.17) is 4.74 Å². The van der Waals surface area contributed by atoms with E-state index >= 15 is 0 Å². The van der Waals surface area contributed by atoms with Gasteiger partial charge in [-0.2, -0.15) is 4.31 Å². The monoisotopic (exact) mass is 391 g/mol. The van der Waals surface area contributed by atoms with E-state index in [1.807, 2.05) is 13.8 Å². The number of aromatic hydroxyl groups is 1. The van der Waals surface area contributed by atoms with E-state index in [1.54, 1.807) is 0 Å². The summed E-state index contributed by atoms with van der Waals surface area (Å²) in [7, 11) is -3.66. The fraction of sp³-hybridized carbons (Fsp3) is 0.333. The fourth-order valence-corrected chi connectivity index (χ4v) is 4.53. The topological polar surface area (TPSA) is 109 Å². The van der Waals surface area contributed by atoms with Crippen LogP contribution < -0.4 is 5.32 Å². The Bertz CT molecular complexity index is 920. The normalized spacial score (nSPS) is 21.0. The molecular formula is C18H21N3O5S. The molecule has 1 amide bonds. The molecule has 1 aromatic carbocycles. The summed E-state index contributed by atoms with van der Waals surface area (Å²) in [6.07, 6.45) is 2.30. The summed E-state index contributed by atoms with van der Waals surface area (Å²) in [6.45, 7) is 4.24. The molecule has 8 nitrogen and oxygen atoms in total. The Kier molecular flexibility index (Phi) is 5.45. The minimum Gasteiger partial charge on any atom is -0.504 e. The lowest BCUT2D eigenvalue weighted by Gasteiger charge is -2.34. The first-order valence-corrected chi connectivity index (χ1v) is 9.91. The highest BCUT2D eigenvalue weighted by molar-refractivity contribution is 7.89. The number of ether oxygens (including phenoxy) is 1. The molecular weight excluding hydrogens is 370 g/mol. The number of nitrogens with one attached hydrogen (secondary N) is 1. The minimum absolute atomic E-state index is 0.118. The number of benzene rings is 1. The Balaban J connectivity index is 1.76. The predicted octanol–water partition coefficient (Wildman–Crippen LogP) is 1.84. The molecule has 144 valence electrons. The van der Waals surface area contributed by atoms with E-state index in [2.05, 4.69) is 10.3 Å². The number of nitrogens with zero attached hydrogens (tertiary/aromatic N) is 2. The number of carbonyl (C=O) groups excluding carboxylic acids is 1. The van der Waals surface area contributed by atoms with Crippen LogP contribution in [0, 0.1) is 0 Å². The second kappa shape index (κ2) is 7.63. The van der Waals surface area contributed by atoms with Gasteiger partial charge in [-0.3, -0.25) is 9.78 Å². The minimum atomic E-state index is -3.66. The van der Waals surface area contributed by atoms with Crippen LogP contribution in [0.25, 0.3) is 0 Å². The van der Waals surface area contributed by atoms with Crippen molar-refractivity contribution in [3.63, 3.8) is 0 Å². The van der Waals surface area contributed by atoms with E-state index in [1.165, 1.54) is 47.0 Å². The van der Waals surface area contributed by atoms with E-state index in [0.717, 1.165) is 0 Å². The lowest BCUT2D eigenvalue weighted by Crippen LogP contribution is -2.48. The summed E-state index contributed by atoms with van der Waals surface area (Å²) in [6, 6.07) is 7.15. The average molecular weight is 391 g/mol. The van der Waals surface area contributed by atoms with Crippen molar-refractivity contribution in [3.05, 3.63) is 48.3 Å². The van der Waals surface area contributed by atoms with Gasteiger partial charge in [0.25, 0.3) is 5.91 Å². The number of carbonyl (C=O) groups is 1. The maximum absolute atomic E-state index is 12.8. The first kappa shape index (κ1) is 19.3. The van der Waals surface area contributed by atoms with Crippen molar-refractivity contribution >= 4 is 21.6 Å². The maximum Gasteiger partial charge on any atom is 0.255 e. The Hall–Kier alpha value is -2.49. The highest BCUT2D eigenvalue weighted by Crippen LogP contribution is 2.23. The van der Waals surface area contributed by atoms with Gasteiger partial charge in [0.1, 0.15) is 0 Å². The molecule has 1 fully saturated rings. The summed E-state index contributed by atoms with van der Waals surface area (Å²) in [5.41, 5.74) is 0.497. The van der Waals surface area contributed by atoms with Crippen LogP contribution >= 0.6 is 0 Å². The Labute approximate surface area is 157 Å². The van der Waals surface area contributed by atoms with Crippen molar-refractivity contribution in [1.29, 1.82) is 0 Å². The zero-order valence-electron chi connectivity index (χ0n) is 15.0. The Morgan fingerprint density at radius 2 is 1.81 bits per heavy atom. The van der Waals surface area contributed by atoms with Gasteiger partial charge in [0.2, 0.25) is 10.0 Å². The zero-order valence-corrected chi connectivity index (χ0v) is 15.8. The van der Waals surface area contributed by atoms with Crippen LogP contribution in [0.4, 0.5) is 5.69 Å². The van der Waals surface area contributed by atoms with Gasteiger partial charge < -0.3 is 15.2 Å². The molecule has 0 saturated carbocycles. The number of sulfonamides is 1. The van der Waals surface area contributed by atoms with E-state index in [9.17, 15) is 18.3 Å². The van der Waals surface area contributed by atoms with Crippen LogP contribution in [0.5, 0.6) is 5.75 Å². The molecule has 1 aliphatic heterocycles. The smallest absolute Gasteiger partial charge is 0.255 e. The highest BCUT2D eigenvalue weighted by atomic mass is 32.2. The van der Waals surface area contributed by atoms with Gasteiger partial charge in [-0.15, -0.1) is 0 Å². The third-order valence-electron chi connectivity index (χ3n) is 4.19. The summed E-state index contributed by atoms with van der Waals surface area (Å²) >= 11 is 0. The number of anilines is 1. The number of aromatic nitrogens is 1. The van der Waals surface area contributed by atoms with Crippen LogP contribution in [-0.4, -0.2) is 54.0 Å².